The van der Waals surface area contributed by atoms with Gasteiger partial charge in [-0.25, -0.2) is 8.22 Å². The van der Waals surface area contributed by atoms with Crippen LogP contribution in [0.4, 0.5) is 8.22 Å². The van der Waals surface area contributed by atoms with Gasteiger partial charge in [-0.1, -0.05) is 18.2 Å². The Labute approximate surface area is 74.9 Å². The summed E-state index contributed by atoms with van der Waals surface area (Å²) in [5.74, 6) is -0.0442. The fraction of sp³-hybridized carbons (Fsp3) is 0.125. The summed E-state index contributed by atoms with van der Waals surface area (Å²) in [6.45, 7) is 0. The molecule has 1 aromatic rings. The minimum absolute atomic E-state index is 0.0442. The van der Waals surface area contributed by atoms with E-state index in [9.17, 15) is 8.22 Å². The summed E-state index contributed by atoms with van der Waals surface area (Å²) in [5, 5.41) is 0. The van der Waals surface area contributed by atoms with Crippen molar-refractivity contribution >= 4 is 15.0 Å². The smallest absolute Gasteiger partial charge is 0.346 e. The minimum Gasteiger partial charge on any atom is -0.346 e. The Morgan fingerprint density at radius 2 is 1.92 bits per heavy atom. The van der Waals surface area contributed by atoms with Crippen molar-refractivity contribution in [3.63, 3.8) is 0 Å². The molecule has 0 bridgehead atoms. The Hall–Kier alpha value is -1.23. The molecule has 2 rings (SSSR count). The SMILES string of the molecule is F[Si]1(F)C[O+]=C(c2ccccc2)O1. The zero-order valence-electron chi connectivity index (χ0n) is 6.67. The van der Waals surface area contributed by atoms with Crippen LogP contribution in [-0.2, 0) is 4.43 Å². The van der Waals surface area contributed by atoms with Crippen molar-refractivity contribution in [3.05, 3.63) is 35.9 Å². The van der Waals surface area contributed by atoms with E-state index in [2.05, 4.69) is 4.43 Å². The van der Waals surface area contributed by atoms with Crippen LogP contribution < -0.4 is 0 Å². The van der Waals surface area contributed by atoms with Gasteiger partial charge in [-0.15, -0.1) is 0 Å². The Balaban J connectivity index is 2.22. The average molecular weight is 201 g/mol. The van der Waals surface area contributed by atoms with E-state index in [1.807, 2.05) is 0 Å². The van der Waals surface area contributed by atoms with Crippen molar-refractivity contribution in [2.45, 2.75) is 0 Å². The molecule has 0 aliphatic carbocycles. The van der Waals surface area contributed by atoms with Crippen molar-refractivity contribution in [2.24, 2.45) is 0 Å². The van der Waals surface area contributed by atoms with Crippen molar-refractivity contribution in [2.75, 3.05) is 6.23 Å². The Bertz CT molecular complexity index is 337. The van der Waals surface area contributed by atoms with Crippen LogP contribution in [-0.4, -0.2) is 21.2 Å². The quantitative estimate of drug-likeness (QED) is 0.385. The second-order valence-corrected chi connectivity index (χ2v) is 4.45. The maximum Gasteiger partial charge on any atom is 0.867 e. The normalized spacial score (nSPS) is 19.4. The Morgan fingerprint density at radius 3 is 2.46 bits per heavy atom. The lowest BCUT2D eigenvalue weighted by Gasteiger charge is -1.92. The first kappa shape index (κ1) is 8.37. The number of halogens is 2. The predicted molar refractivity (Wildman–Crippen MR) is 44.7 cm³/mol. The zero-order valence-corrected chi connectivity index (χ0v) is 7.67. The summed E-state index contributed by atoms with van der Waals surface area (Å²) < 4.78 is 34.5. The summed E-state index contributed by atoms with van der Waals surface area (Å²) in [5.41, 5.74) is 0.562. The fourth-order valence-electron chi connectivity index (χ4n) is 1.06. The van der Waals surface area contributed by atoms with E-state index in [1.54, 1.807) is 30.3 Å². The molecule has 0 aromatic heterocycles. The molecule has 5 heteroatoms. The number of rotatable bonds is 1. The Morgan fingerprint density at radius 1 is 1.23 bits per heavy atom. The standard InChI is InChI=1S/C8H7F2O2Si/c9-13(10)6-11-8(12-13)7-4-2-1-3-5-7/h1-5H,6H2/q+1. The van der Waals surface area contributed by atoms with Gasteiger partial charge in [0, 0.05) is 0 Å². The molecule has 13 heavy (non-hydrogen) atoms. The summed E-state index contributed by atoms with van der Waals surface area (Å²) in [4.78, 5) is 0. The van der Waals surface area contributed by atoms with E-state index in [1.165, 1.54) is 0 Å². The molecule has 1 heterocycles. The van der Waals surface area contributed by atoms with E-state index < -0.39 is 15.2 Å². The minimum atomic E-state index is -4.55. The predicted octanol–water partition coefficient (Wildman–Crippen LogP) is 1.81. The summed E-state index contributed by atoms with van der Waals surface area (Å²) in [6.07, 6.45) is -0.572. The first-order chi connectivity index (χ1) is 6.17. The highest BCUT2D eigenvalue weighted by Gasteiger charge is 2.62. The molecule has 0 saturated carbocycles. The lowest BCUT2D eigenvalue weighted by molar-refractivity contribution is -0.244. The summed E-state index contributed by atoms with van der Waals surface area (Å²) in [6, 6.07) is 8.63. The third-order valence-electron chi connectivity index (χ3n) is 1.62. The molecular formula is C8H7F2O2Si+. The van der Waals surface area contributed by atoms with Crippen LogP contribution in [0.1, 0.15) is 9.99 Å². The highest BCUT2D eigenvalue weighted by molar-refractivity contribution is 6.62. The van der Waals surface area contributed by atoms with Crippen LogP contribution in [0.3, 0.4) is 0 Å². The van der Waals surface area contributed by atoms with Crippen molar-refractivity contribution in [3.8, 4) is 0 Å². The molecular weight excluding hydrogens is 194 g/mol. The van der Waals surface area contributed by atoms with E-state index in [4.69, 9.17) is 4.42 Å². The number of hydrogen-bond donors (Lipinski definition) is 0. The lowest BCUT2D eigenvalue weighted by atomic mass is 10.2. The van der Waals surface area contributed by atoms with Gasteiger partial charge in [0.25, 0.3) is 0 Å². The van der Waals surface area contributed by atoms with E-state index in [-0.39, 0.29) is 5.97 Å². The van der Waals surface area contributed by atoms with Gasteiger partial charge in [-0.3, -0.25) is 0 Å². The summed E-state index contributed by atoms with van der Waals surface area (Å²) >= 11 is 0. The molecule has 0 fully saturated rings. The van der Waals surface area contributed by atoms with Crippen molar-refractivity contribution in [1.29, 1.82) is 0 Å². The van der Waals surface area contributed by atoms with E-state index >= 15 is 0 Å². The van der Waals surface area contributed by atoms with Crippen LogP contribution in [0.25, 0.3) is 0 Å². The molecule has 2 nitrogen and oxygen atoms in total. The number of benzene rings is 1. The van der Waals surface area contributed by atoms with Gasteiger partial charge >= 0.3 is 21.2 Å². The highest BCUT2D eigenvalue weighted by atomic mass is 28.4. The Kier molecular flexibility index (Phi) is 1.88. The fourth-order valence-corrected chi connectivity index (χ4v) is 1.87. The number of hydrogen-bond acceptors (Lipinski definition) is 1. The second kappa shape index (κ2) is 2.92. The van der Waals surface area contributed by atoms with Crippen LogP contribution in [0.2, 0.25) is 0 Å². The monoisotopic (exact) mass is 201 g/mol. The van der Waals surface area contributed by atoms with Gasteiger partial charge in [0.05, 0.1) is 0 Å². The van der Waals surface area contributed by atoms with Gasteiger partial charge in [0.15, 0.2) is 0 Å². The van der Waals surface area contributed by atoms with E-state index in [0.717, 1.165) is 0 Å². The van der Waals surface area contributed by atoms with Gasteiger partial charge in [0.1, 0.15) is 5.56 Å². The average Bonchev–Trinajstić information content (AvgIpc) is 2.48. The maximum absolute atomic E-state index is 12.7. The largest absolute Gasteiger partial charge is 0.867 e. The van der Waals surface area contributed by atoms with E-state index in [0.29, 0.717) is 5.56 Å². The molecule has 0 saturated heterocycles. The second-order valence-electron chi connectivity index (χ2n) is 2.68. The highest BCUT2D eigenvalue weighted by Crippen LogP contribution is 2.19. The molecule has 1 aliphatic rings. The topological polar surface area (TPSA) is 20.5 Å². The van der Waals surface area contributed by atoms with Crippen LogP contribution in [0.5, 0.6) is 0 Å². The van der Waals surface area contributed by atoms with Gasteiger partial charge in [-0.2, -0.15) is 0 Å². The van der Waals surface area contributed by atoms with Crippen LogP contribution >= 0.6 is 0 Å². The van der Waals surface area contributed by atoms with Gasteiger partial charge < -0.3 is 8.85 Å². The van der Waals surface area contributed by atoms with Gasteiger partial charge in [-0.05, 0) is 12.1 Å². The van der Waals surface area contributed by atoms with Gasteiger partial charge in [0.2, 0.25) is 0 Å². The summed E-state index contributed by atoms with van der Waals surface area (Å²) in [7, 11) is -4.55. The third kappa shape index (κ3) is 1.75. The van der Waals surface area contributed by atoms with Crippen LogP contribution in [0, 0.1) is 0 Å². The number of carbonyl (C=O) groups excluding carboxylic acids is 1. The first-order valence-corrected chi connectivity index (χ1v) is 5.66. The van der Waals surface area contributed by atoms with Crippen molar-refractivity contribution in [1.82, 2.24) is 0 Å². The molecule has 1 aliphatic heterocycles. The first-order valence-electron chi connectivity index (χ1n) is 3.79. The molecule has 68 valence electrons. The molecule has 0 spiro atoms. The maximum atomic E-state index is 12.7. The molecule has 0 radical (unpaired) electrons. The molecule has 0 atom stereocenters. The lowest BCUT2D eigenvalue weighted by Crippen LogP contribution is -2.28. The molecule has 0 N–H and O–H groups in total. The third-order valence-corrected chi connectivity index (χ3v) is 2.59. The molecule has 0 unspecified atom stereocenters. The zero-order chi connectivity index (χ0) is 9.31. The van der Waals surface area contributed by atoms with Crippen LogP contribution in [0.15, 0.2) is 30.3 Å². The molecule has 0 amide bonds. The van der Waals surface area contributed by atoms with Crippen molar-refractivity contribution < 1.29 is 17.1 Å². The molecule has 1 aromatic carbocycles.